The van der Waals surface area contributed by atoms with Gasteiger partial charge in [0.15, 0.2) is 0 Å². The number of nitrogens with two attached hydrogens (primary N) is 1. The summed E-state index contributed by atoms with van der Waals surface area (Å²) in [4.78, 5) is 32.0. The van der Waals surface area contributed by atoms with E-state index >= 15 is 0 Å². The smallest absolute Gasteiger partial charge is 0.252 e. The van der Waals surface area contributed by atoms with Gasteiger partial charge >= 0.3 is 0 Å². The Morgan fingerprint density at radius 1 is 1.04 bits per heavy atom. The van der Waals surface area contributed by atoms with Crippen molar-refractivity contribution in [2.24, 2.45) is 5.73 Å². The van der Waals surface area contributed by atoms with Crippen molar-refractivity contribution < 1.29 is 9.59 Å². The van der Waals surface area contributed by atoms with Crippen molar-refractivity contribution in [1.29, 1.82) is 0 Å². The van der Waals surface area contributed by atoms with E-state index in [4.69, 9.17) is 5.73 Å². The topological polar surface area (TPSA) is 91.6 Å². The van der Waals surface area contributed by atoms with Gasteiger partial charge in [-0.2, -0.15) is 0 Å². The summed E-state index contributed by atoms with van der Waals surface area (Å²) >= 11 is 0. The fourth-order valence-electron chi connectivity index (χ4n) is 2.85. The van der Waals surface area contributed by atoms with E-state index < -0.39 is 5.91 Å². The molecule has 2 aromatic rings. The van der Waals surface area contributed by atoms with Gasteiger partial charge in [0, 0.05) is 38.1 Å². The molecule has 1 saturated heterocycles. The fraction of sp³-hybridized carbons (Fsp3) is 0.278. The molecule has 2 heterocycles. The highest BCUT2D eigenvalue weighted by atomic mass is 16.2. The van der Waals surface area contributed by atoms with Crippen LogP contribution in [0, 0.1) is 0 Å². The second kappa shape index (κ2) is 7.65. The van der Waals surface area contributed by atoms with Crippen LogP contribution >= 0.6 is 0 Å². The number of amides is 2. The number of carbonyl (C=O) groups is 2. The number of rotatable bonds is 5. The van der Waals surface area contributed by atoms with E-state index in [1.165, 1.54) is 0 Å². The molecule has 1 aromatic carbocycles. The third-order valence-corrected chi connectivity index (χ3v) is 4.20. The summed E-state index contributed by atoms with van der Waals surface area (Å²) in [7, 11) is 0. The van der Waals surface area contributed by atoms with Crippen LogP contribution in [-0.4, -0.2) is 54.4 Å². The highest BCUT2D eigenvalue weighted by molar-refractivity contribution is 5.97. The average Bonchev–Trinajstić information content (AvgIpc) is 2.67. The minimum atomic E-state index is -0.492. The predicted octanol–water partition coefficient (Wildman–Crippen LogP) is 0.941. The fourth-order valence-corrected chi connectivity index (χ4v) is 2.85. The maximum atomic E-state index is 12.3. The van der Waals surface area contributed by atoms with Crippen molar-refractivity contribution in [3.63, 3.8) is 0 Å². The number of hydrogen-bond acceptors (Lipinski definition) is 5. The van der Waals surface area contributed by atoms with Crippen LogP contribution in [0.4, 0.5) is 11.5 Å². The Balaban J connectivity index is 1.55. The molecule has 3 rings (SSSR count). The van der Waals surface area contributed by atoms with Crippen molar-refractivity contribution in [3.05, 3.63) is 54.2 Å². The van der Waals surface area contributed by atoms with Gasteiger partial charge in [0.05, 0.1) is 12.1 Å². The zero-order valence-corrected chi connectivity index (χ0v) is 13.9. The molecule has 7 heteroatoms. The summed E-state index contributed by atoms with van der Waals surface area (Å²) in [6.45, 7) is 2.68. The first kappa shape index (κ1) is 16.8. The quantitative estimate of drug-likeness (QED) is 0.846. The van der Waals surface area contributed by atoms with Crippen LogP contribution in [0.2, 0.25) is 0 Å². The molecule has 130 valence electrons. The lowest BCUT2D eigenvalue weighted by Gasteiger charge is -2.36. The second-order valence-corrected chi connectivity index (χ2v) is 5.83. The molecule has 0 atom stereocenters. The summed E-state index contributed by atoms with van der Waals surface area (Å²) in [6.07, 6.45) is 1.64. The van der Waals surface area contributed by atoms with E-state index in [-0.39, 0.29) is 12.5 Å². The molecule has 0 radical (unpaired) electrons. The van der Waals surface area contributed by atoms with Crippen molar-refractivity contribution in [1.82, 2.24) is 9.88 Å². The minimum absolute atomic E-state index is 0.0552. The molecule has 0 saturated carbocycles. The Morgan fingerprint density at radius 3 is 2.44 bits per heavy atom. The number of para-hydroxylation sites is 1. The molecule has 0 spiro atoms. The lowest BCUT2D eigenvalue weighted by molar-refractivity contribution is -0.129. The molecule has 0 unspecified atom stereocenters. The first-order chi connectivity index (χ1) is 12.1. The number of hydrogen-bond donors (Lipinski definition) is 2. The number of piperazine rings is 1. The van der Waals surface area contributed by atoms with Crippen molar-refractivity contribution in [3.8, 4) is 0 Å². The number of nitrogens with one attached hydrogen (secondary N) is 1. The number of anilines is 2. The van der Waals surface area contributed by atoms with E-state index in [1.807, 2.05) is 40.1 Å². The Bertz CT molecular complexity index is 742. The predicted molar refractivity (Wildman–Crippen MR) is 96.5 cm³/mol. The Labute approximate surface area is 146 Å². The number of carbonyl (C=O) groups excluding carboxylic acids is 2. The largest absolute Gasteiger partial charge is 0.376 e. The first-order valence-corrected chi connectivity index (χ1v) is 8.21. The molecular formula is C18H21N5O2. The maximum Gasteiger partial charge on any atom is 0.252 e. The molecule has 7 nitrogen and oxygen atoms in total. The van der Waals surface area contributed by atoms with Gasteiger partial charge in [0.25, 0.3) is 5.91 Å². The van der Waals surface area contributed by atoms with Crippen molar-refractivity contribution in [2.45, 2.75) is 0 Å². The SMILES string of the molecule is NC(=O)c1cccnc1N1CCN(C(=O)CNc2ccccc2)CC1. The summed E-state index contributed by atoms with van der Waals surface area (Å²) in [6, 6.07) is 13.0. The van der Waals surface area contributed by atoms with Crippen LogP contribution in [0.5, 0.6) is 0 Å². The van der Waals surface area contributed by atoms with Gasteiger partial charge < -0.3 is 20.9 Å². The first-order valence-electron chi connectivity index (χ1n) is 8.21. The van der Waals surface area contributed by atoms with Crippen LogP contribution in [0.3, 0.4) is 0 Å². The molecule has 25 heavy (non-hydrogen) atoms. The molecule has 3 N–H and O–H groups in total. The molecule has 1 aliphatic rings. The standard InChI is InChI=1S/C18H21N5O2/c19-17(25)15-7-4-8-20-18(15)23-11-9-22(10-12-23)16(24)13-21-14-5-2-1-3-6-14/h1-8,21H,9-13H2,(H2,19,25). The Kier molecular flexibility index (Phi) is 5.13. The Hall–Kier alpha value is -3.09. The number of aromatic nitrogens is 1. The summed E-state index contributed by atoms with van der Waals surface area (Å²) in [5, 5.41) is 3.13. The maximum absolute atomic E-state index is 12.3. The monoisotopic (exact) mass is 339 g/mol. The molecule has 2 amide bonds. The normalized spacial score (nSPS) is 14.2. The summed E-state index contributed by atoms with van der Waals surface area (Å²) < 4.78 is 0. The van der Waals surface area contributed by atoms with Gasteiger partial charge in [-0.3, -0.25) is 9.59 Å². The molecule has 1 fully saturated rings. The van der Waals surface area contributed by atoms with Crippen LogP contribution in [0.1, 0.15) is 10.4 Å². The second-order valence-electron chi connectivity index (χ2n) is 5.83. The molecule has 0 bridgehead atoms. The van der Waals surface area contributed by atoms with Crippen molar-refractivity contribution >= 4 is 23.3 Å². The number of benzene rings is 1. The van der Waals surface area contributed by atoms with Crippen molar-refractivity contribution in [2.75, 3.05) is 42.9 Å². The van der Waals surface area contributed by atoms with Gasteiger partial charge in [0.2, 0.25) is 5.91 Å². The molecular weight excluding hydrogens is 318 g/mol. The van der Waals surface area contributed by atoms with E-state index in [9.17, 15) is 9.59 Å². The van der Waals surface area contributed by atoms with E-state index in [0.29, 0.717) is 37.6 Å². The summed E-state index contributed by atoms with van der Waals surface area (Å²) in [5.74, 6) is 0.151. The third kappa shape index (κ3) is 4.06. The van der Waals surface area contributed by atoms with Crippen LogP contribution in [-0.2, 0) is 4.79 Å². The van der Waals surface area contributed by atoms with Gasteiger partial charge in [-0.25, -0.2) is 4.98 Å². The minimum Gasteiger partial charge on any atom is -0.376 e. The highest BCUT2D eigenvalue weighted by Crippen LogP contribution is 2.18. The molecule has 1 aromatic heterocycles. The van der Waals surface area contributed by atoms with E-state index in [1.54, 1.807) is 18.3 Å². The van der Waals surface area contributed by atoms with E-state index in [0.717, 1.165) is 5.69 Å². The zero-order chi connectivity index (χ0) is 17.6. The number of pyridine rings is 1. The lowest BCUT2D eigenvalue weighted by Crippen LogP contribution is -2.50. The molecule has 1 aliphatic heterocycles. The third-order valence-electron chi connectivity index (χ3n) is 4.20. The lowest BCUT2D eigenvalue weighted by atomic mass is 10.2. The van der Waals surface area contributed by atoms with Gasteiger partial charge in [0.1, 0.15) is 5.82 Å². The van der Waals surface area contributed by atoms with Gasteiger partial charge in [-0.1, -0.05) is 18.2 Å². The van der Waals surface area contributed by atoms with Gasteiger partial charge in [-0.05, 0) is 24.3 Å². The van der Waals surface area contributed by atoms with Crippen LogP contribution in [0.25, 0.3) is 0 Å². The Morgan fingerprint density at radius 2 is 1.76 bits per heavy atom. The zero-order valence-electron chi connectivity index (χ0n) is 13.9. The highest BCUT2D eigenvalue weighted by Gasteiger charge is 2.24. The average molecular weight is 339 g/mol. The number of primary amides is 1. The number of nitrogens with zero attached hydrogens (tertiary/aromatic N) is 3. The van der Waals surface area contributed by atoms with E-state index in [2.05, 4.69) is 10.3 Å². The molecule has 0 aliphatic carbocycles. The summed E-state index contributed by atoms with van der Waals surface area (Å²) in [5.41, 5.74) is 6.75. The van der Waals surface area contributed by atoms with Crippen LogP contribution < -0.4 is 16.0 Å². The van der Waals surface area contributed by atoms with Gasteiger partial charge in [-0.15, -0.1) is 0 Å². The van der Waals surface area contributed by atoms with Crippen LogP contribution in [0.15, 0.2) is 48.7 Å².